The van der Waals surface area contributed by atoms with Crippen molar-refractivity contribution in [3.63, 3.8) is 0 Å². The number of nitrogens with zero attached hydrogens (tertiary/aromatic N) is 3. The fourth-order valence-corrected chi connectivity index (χ4v) is 3.13. The van der Waals surface area contributed by atoms with Crippen LogP contribution in [0.1, 0.15) is 33.1 Å². The Bertz CT molecular complexity index is 303. The standard InChI is InChI=1S/C16H31N3O/c1-14(2)4-7-18-8-5-15(6-9-18)16(20)19-12-10-17(3)11-13-19/h14-15H,4-13H2,1-3H3. The highest BCUT2D eigenvalue weighted by atomic mass is 16.2. The molecule has 2 aliphatic heterocycles. The largest absolute Gasteiger partial charge is 0.340 e. The Morgan fingerprint density at radius 2 is 1.65 bits per heavy atom. The minimum absolute atomic E-state index is 0.286. The van der Waals surface area contributed by atoms with Crippen LogP contribution in [0.5, 0.6) is 0 Å². The molecule has 2 saturated heterocycles. The third-order valence-electron chi connectivity index (χ3n) is 4.77. The molecule has 0 radical (unpaired) electrons. The highest BCUT2D eigenvalue weighted by Crippen LogP contribution is 2.21. The second-order valence-electron chi connectivity index (χ2n) is 6.93. The van der Waals surface area contributed by atoms with Gasteiger partial charge >= 0.3 is 0 Å². The summed E-state index contributed by atoms with van der Waals surface area (Å²) in [5.41, 5.74) is 0. The molecule has 2 fully saturated rings. The summed E-state index contributed by atoms with van der Waals surface area (Å²) in [6.07, 6.45) is 3.39. The molecule has 0 N–H and O–H groups in total. The van der Waals surface area contributed by atoms with E-state index in [1.165, 1.54) is 13.0 Å². The number of carbonyl (C=O) groups is 1. The van der Waals surface area contributed by atoms with Crippen molar-refractivity contribution < 1.29 is 4.79 Å². The molecule has 116 valence electrons. The summed E-state index contributed by atoms with van der Waals surface area (Å²) in [6.45, 7) is 11.9. The van der Waals surface area contributed by atoms with E-state index in [2.05, 4.69) is 35.6 Å². The molecule has 0 aliphatic carbocycles. The lowest BCUT2D eigenvalue weighted by atomic mass is 9.94. The highest BCUT2D eigenvalue weighted by Gasteiger charge is 2.29. The van der Waals surface area contributed by atoms with E-state index in [4.69, 9.17) is 0 Å². The number of likely N-dealkylation sites (N-methyl/N-ethyl adjacent to an activating group) is 1. The van der Waals surface area contributed by atoms with Gasteiger partial charge in [-0.3, -0.25) is 4.79 Å². The van der Waals surface area contributed by atoms with E-state index < -0.39 is 0 Å². The Kier molecular flexibility index (Phi) is 5.85. The van der Waals surface area contributed by atoms with Crippen LogP contribution >= 0.6 is 0 Å². The molecule has 1 amide bonds. The zero-order valence-electron chi connectivity index (χ0n) is 13.5. The van der Waals surface area contributed by atoms with E-state index in [-0.39, 0.29) is 5.92 Å². The van der Waals surface area contributed by atoms with Gasteiger partial charge in [0.25, 0.3) is 0 Å². The van der Waals surface area contributed by atoms with Crippen LogP contribution in [0.4, 0.5) is 0 Å². The predicted octanol–water partition coefficient (Wildman–Crippen LogP) is 1.52. The van der Waals surface area contributed by atoms with E-state index in [0.717, 1.165) is 58.0 Å². The molecule has 2 rings (SSSR count). The number of likely N-dealkylation sites (tertiary alicyclic amines) is 1. The van der Waals surface area contributed by atoms with Gasteiger partial charge < -0.3 is 14.7 Å². The third kappa shape index (κ3) is 4.45. The summed E-state index contributed by atoms with van der Waals surface area (Å²) in [7, 11) is 2.13. The van der Waals surface area contributed by atoms with Crippen molar-refractivity contribution >= 4 is 5.91 Å². The predicted molar refractivity (Wildman–Crippen MR) is 82.7 cm³/mol. The average Bonchev–Trinajstić information content (AvgIpc) is 2.46. The van der Waals surface area contributed by atoms with Crippen molar-refractivity contribution in [3.05, 3.63) is 0 Å². The summed E-state index contributed by atoms with van der Waals surface area (Å²) in [6, 6.07) is 0. The number of piperazine rings is 1. The first-order valence-electron chi connectivity index (χ1n) is 8.26. The van der Waals surface area contributed by atoms with Crippen molar-refractivity contribution in [2.45, 2.75) is 33.1 Å². The van der Waals surface area contributed by atoms with Crippen LogP contribution in [0.3, 0.4) is 0 Å². The van der Waals surface area contributed by atoms with Gasteiger partial charge in [0.1, 0.15) is 0 Å². The van der Waals surface area contributed by atoms with Crippen LogP contribution in [0.25, 0.3) is 0 Å². The summed E-state index contributed by atoms with van der Waals surface area (Å²) >= 11 is 0. The Balaban J connectivity index is 1.71. The summed E-state index contributed by atoms with van der Waals surface area (Å²) in [4.78, 5) is 19.5. The van der Waals surface area contributed by atoms with E-state index in [0.29, 0.717) is 5.91 Å². The molecule has 4 heteroatoms. The molecule has 0 atom stereocenters. The lowest BCUT2D eigenvalue weighted by Crippen LogP contribution is -2.50. The molecule has 20 heavy (non-hydrogen) atoms. The van der Waals surface area contributed by atoms with E-state index in [1.54, 1.807) is 0 Å². The molecule has 0 aromatic heterocycles. The number of amides is 1. The Labute approximate surface area is 124 Å². The number of piperidine rings is 1. The molecule has 0 bridgehead atoms. The van der Waals surface area contributed by atoms with Gasteiger partial charge in [-0.15, -0.1) is 0 Å². The molecule has 2 heterocycles. The van der Waals surface area contributed by atoms with Gasteiger partial charge in [0.15, 0.2) is 0 Å². The summed E-state index contributed by atoms with van der Waals surface area (Å²) in [5, 5.41) is 0. The molecule has 0 saturated carbocycles. The lowest BCUT2D eigenvalue weighted by Gasteiger charge is -2.37. The Hall–Kier alpha value is -0.610. The highest BCUT2D eigenvalue weighted by molar-refractivity contribution is 5.79. The van der Waals surface area contributed by atoms with Crippen LogP contribution in [-0.2, 0) is 4.79 Å². The first kappa shape index (κ1) is 15.8. The first-order chi connectivity index (χ1) is 9.56. The molecule has 0 aromatic rings. The zero-order chi connectivity index (χ0) is 14.5. The Morgan fingerprint density at radius 1 is 1.05 bits per heavy atom. The van der Waals surface area contributed by atoms with Crippen LogP contribution < -0.4 is 0 Å². The van der Waals surface area contributed by atoms with Crippen LogP contribution in [0.15, 0.2) is 0 Å². The van der Waals surface area contributed by atoms with Crippen molar-refractivity contribution in [3.8, 4) is 0 Å². The fraction of sp³-hybridized carbons (Fsp3) is 0.938. The first-order valence-corrected chi connectivity index (χ1v) is 8.26. The van der Waals surface area contributed by atoms with E-state index in [9.17, 15) is 4.79 Å². The van der Waals surface area contributed by atoms with Crippen molar-refractivity contribution in [1.82, 2.24) is 14.7 Å². The maximum atomic E-state index is 12.5. The number of rotatable bonds is 4. The van der Waals surface area contributed by atoms with Crippen LogP contribution in [0, 0.1) is 11.8 Å². The minimum Gasteiger partial charge on any atom is -0.340 e. The second kappa shape index (κ2) is 7.41. The maximum absolute atomic E-state index is 12.5. The van der Waals surface area contributed by atoms with Gasteiger partial charge in [-0.25, -0.2) is 0 Å². The molecule has 4 nitrogen and oxygen atoms in total. The normalized spacial score (nSPS) is 23.5. The molecule has 0 unspecified atom stereocenters. The molecule has 2 aliphatic rings. The van der Waals surface area contributed by atoms with E-state index in [1.807, 2.05) is 0 Å². The lowest BCUT2D eigenvalue weighted by molar-refractivity contribution is -0.138. The van der Waals surface area contributed by atoms with Gasteiger partial charge in [-0.2, -0.15) is 0 Å². The third-order valence-corrected chi connectivity index (χ3v) is 4.77. The van der Waals surface area contributed by atoms with Gasteiger partial charge in [0, 0.05) is 32.1 Å². The summed E-state index contributed by atoms with van der Waals surface area (Å²) in [5.74, 6) is 1.48. The maximum Gasteiger partial charge on any atom is 0.225 e. The minimum atomic E-state index is 0.286. The summed E-state index contributed by atoms with van der Waals surface area (Å²) < 4.78 is 0. The van der Waals surface area contributed by atoms with Crippen molar-refractivity contribution in [1.29, 1.82) is 0 Å². The SMILES string of the molecule is CC(C)CCN1CCC(C(=O)N2CCN(C)CC2)CC1. The topological polar surface area (TPSA) is 26.8 Å². The fourth-order valence-electron chi connectivity index (χ4n) is 3.13. The Morgan fingerprint density at radius 3 is 2.20 bits per heavy atom. The van der Waals surface area contributed by atoms with Gasteiger partial charge in [0.2, 0.25) is 5.91 Å². The van der Waals surface area contributed by atoms with Gasteiger partial charge in [0.05, 0.1) is 0 Å². The van der Waals surface area contributed by atoms with Crippen LogP contribution in [-0.4, -0.2) is 73.5 Å². The van der Waals surface area contributed by atoms with Crippen molar-refractivity contribution in [2.75, 3.05) is 52.9 Å². The zero-order valence-corrected chi connectivity index (χ0v) is 13.5. The van der Waals surface area contributed by atoms with Crippen molar-refractivity contribution in [2.24, 2.45) is 11.8 Å². The van der Waals surface area contributed by atoms with Crippen LogP contribution in [0.2, 0.25) is 0 Å². The smallest absolute Gasteiger partial charge is 0.225 e. The molecule has 0 aromatic carbocycles. The molecular formula is C16H31N3O. The van der Waals surface area contributed by atoms with Gasteiger partial charge in [-0.05, 0) is 51.9 Å². The average molecular weight is 281 g/mol. The monoisotopic (exact) mass is 281 g/mol. The van der Waals surface area contributed by atoms with Gasteiger partial charge in [-0.1, -0.05) is 13.8 Å². The number of hydrogen-bond donors (Lipinski definition) is 0. The van der Waals surface area contributed by atoms with E-state index >= 15 is 0 Å². The molecular weight excluding hydrogens is 250 g/mol. The number of carbonyl (C=O) groups excluding carboxylic acids is 1. The quantitative estimate of drug-likeness (QED) is 0.782. The second-order valence-corrected chi connectivity index (χ2v) is 6.93. The number of hydrogen-bond acceptors (Lipinski definition) is 3. The molecule has 0 spiro atoms.